The van der Waals surface area contributed by atoms with Gasteiger partial charge in [-0.25, -0.2) is 0 Å². The Hall–Kier alpha value is -2.79. The van der Waals surface area contributed by atoms with Gasteiger partial charge in [-0.3, -0.25) is 4.79 Å². The van der Waals surface area contributed by atoms with E-state index < -0.39 is 0 Å². The fourth-order valence-corrected chi connectivity index (χ4v) is 1.85. The summed E-state index contributed by atoms with van der Waals surface area (Å²) >= 11 is 0. The zero-order chi connectivity index (χ0) is 14.5. The summed E-state index contributed by atoms with van der Waals surface area (Å²) in [6.07, 6.45) is 0. The van der Waals surface area contributed by atoms with Crippen LogP contribution in [0.1, 0.15) is 18.2 Å². The summed E-state index contributed by atoms with van der Waals surface area (Å²) < 4.78 is 5.15. The molecule has 0 atom stereocenters. The summed E-state index contributed by atoms with van der Waals surface area (Å²) in [7, 11) is 0. The van der Waals surface area contributed by atoms with Crippen molar-refractivity contribution in [3.63, 3.8) is 0 Å². The lowest BCUT2D eigenvalue weighted by molar-refractivity contribution is -0.114. The van der Waals surface area contributed by atoms with Crippen LogP contribution in [-0.2, 0) is 11.3 Å². The molecule has 1 aromatic heterocycles. The lowest BCUT2D eigenvalue weighted by Gasteiger charge is -2.04. The molecule has 0 spiro atoms. The normalized spacial score (nSPS) is 9.90. The highest BCUT2D eigenvalue weighted by atomic mass is 16.5. The second-order valence-corrected chi connectivity index (χ2v) is 4.22. The molecule has 0 fully saturated rings. The zero-order valence-corrected chi connectivity index (χ0v) is 11.1. The third-order valence-electron chi connectivity index (χ3n) is 2.73. The second kappa shape index (κ2) is 5.90. The summed E-state index contributed by atoms with van der Waals surface area (Å²) in [6, 6.07) is 7.23. The van der Waals surface area contributed by atoms with Crippen LogP contribution in [0.15, 0.2) is 33.9 Å². The molecule has 0 unspecified atom stereocenters. The average molecular weight is 271 g/mol. The summed E-state index contributed by atoms with van der Waals surface area (Å²) in [5, 5.41) is 10.2. The quantitative estimate of drug-likeness (QED) is 0.523. The highest BCUT2D eigenvalue weighted by molar-refractivity contribution is 5.89. The predicted octanol–water partition coefficient (Wildman–Crippen LogP) is 3.42. The molecule has 1 heterocycles. The van der Waals surface area contributed by atoms with Gasteiger partial charge in [0.25, 0.3) is 0 Å². The highest BCUT2D eigenvalue weighted by Gasteiger charge is 2.14. The number of hydrogen-bond donors (Lipinski definition) is 1. The number of amides is 1. The number of azide groups is 1. The van der Waals surface area contributed by atoms with Gasteiger partial charge in [-0.1, -0.05) is 22.4 Å². The van der Waals surface area contributed by atoms with Crippen LogP contribution in [-0.4, -0.2) is 11.1 Å². The Balaban J connectivity index is 2.41. The number of aromatic nitrogens is 1. The summed E-state index contributed by atoms with van der Waals surface area (Å²) in [6.45, 7) is 3.38. The molecule has 102 valence electrons. The first-order valence-corrected chi connectivity index (χ1v) is 5.96. The van der Waals surface area contributed by atoms with Gasteiger partial charge in [-0.2, -0.15) is 0 Å². The van der Waals surface area contributed by atoms with Gasteiger partial charge in [-0.15, -0.1) is 0 Å². The molecule has 0 aliphatic heterocycles. The van der Waals surface area contributed by atoms with E-state index in [1.54, 1.807) is 19.1 Å². The Labute approximate surface area is 115 Å². The minimum Gasteiger partial charge on any atom is -0.361 e. The first-order valence-electron chi connectivity index (χ1n) is 5.96. The molecule has 0 saturated carbocycles. The van der Waals surface area contributed by atoms with Gasteiger partial charge >= 0.3 is 0 Å². The molecule has 1 aromatic carbocycles. The largest absolute Gasteiger partial charge is 0.361 e. The molecule has 0 aliphatic rings. The van der Waals surface area contributed by atoms with Crippen molar-refractivity contribution in [2.24, 2.45) is 5.11 Å². The molecule has 1 amide bonds. The Morgan fingerprint density at radius 3 is 3.05 bits per heavy atom. The van der Waals surface area contributed by atoms with Crippen molar-refractivity contribution in [2.75, 3.05) is 5.32 Å². The maximum atomic E-state index is 11.1. The van der Waals surface area contributed by atoms with E-state index in [4.69, 9.17) is 10.1 Å². The summed E-state index contributed by atoms with van der Waals surface area (Å²) in [4.78, 5) is 13.8. The number of benzene rings is 1. The Morgan fingerprint density at radius 1 is 1.55 bits per heavy atom. The van der Waals surface area contributed by atoms with E-state index in [1.807, 2.05) is 12.1 Å². The van der Waals surface area contributed by atoms with Crippen LogP contribution in [0, 0.1) is 6.92 Å². The SMILES string of the molecule is CC(=O)Nc1cccc(-c2noc(C)c2CN=[N+]=[N-])c1. The summed E-state index contributed by atoms with van der Waals surface area (Å²) in [5.41, 5.74) is 11.2. The smallest absolute Gasteiger partial charge is 0.221 e. The summed E-state index contributed by atoms with van der Waals surface area (Å²) in [5.74, 6) is 0.463. The fourth-order valence-electron chi connectivity index (χ4n) is 1.85. The van der Waals surface area contributed by atoms with Gasteiger partial charge in [0.1, 0.15) is 11.5 Å². The maximum Gasteiger partial charge on any atom is 0.221 e. The van der Waals surface area contributed by atoms with E-state index in [1.165, 1.54) is 6.92 Å². The van der Waals surface area contributed by atoms with E-state index in [2.05, 4.69) is 20.5 Å². The van der Waals surface area contributed by atoms with Crippen LogP contribution in [0.4, 0.5) is 5.69 Å². The van der Waals surface area contributed by atoms with E-state index in [-0.39, 0.29) is 12.5 Å². The Morgan fingerprint density at radius 2 is 2.35 bits per heavy atom. The number of anilines is 1. The highest BCUT2D eigenvalue weighted by Crippen LogP contribution is 2.27. The average Bonchev–Trinajstić information content (AvgIpc) is 2.77. The first kappa shape index (κ1) is 13.6. The van der Waals surface area contributed by atoms with E-state index in [0.29, 0.717) is 17.1 Å². The molecule has 2 aromatic rings. The molecule has 0 saturated heterocycles. The molecule has 0 aliphatic carbocycles. The maximum absolute atomic E-state index is 11.1. The van der Waals surface area contributed by atoms with Gasteiger partial charge in [0.15, 0.2) is 0 Å². The van der Waals surface area contributed by atoms with Crippen molar-refractivity contribution in [3.05, 3.63) is 46.0 Å². The van der Waals surface area contributed by atoms with Crippen LogP contribution in [0.25, 0.3) is 21.7 Å². The predicted molar refractivity (Wildman–Crippen MR) is 73.8 cm³/mol. The lowest BCUT2D eigenvalue weighted by atomic mass is 10.1. The van der Waals surface area contributed by atoms with E-state index >= 15 is 0 Å². The number of nitrogens with one attached hydrogen (secondary N) is 1. The number of hydrogen-bond acceptors (Lipinski definition) is 4. The monoisotopic (exact) mass is 271 g/mol. The molecule has 0 bridgehead atoms. The van der Waals surface area contributed by atoms with Gasteiger partial charge in [0, 0.05) is 28.6 Å². The zero-order valence-electron chi connectivity index (χ0n) is 11.1. The molecule has 1 N–H and O–H groups in total. The van der Waals surface area contributed by atoms with Crippen LogP contribution in [0.3, 0.4) is 0 Å². The Kier molecular flexibility index (Phi) is 4.02. The number of carbonyl (C=O) groups excluding carboxylic acids is 1. The van der Waals surface area contributed by atoms with Crippen molar-refractivity contribution < 1.29 is 9.32 Å². The third-order valence-corrected chi connectivity index (χ3v) is 2.73. The van der Waals surface area contributed by atoms with E-state index in [9.17, 15) is 4.79 Å². The molecule has 7 heteroatoms. The fraction of sp³-hybridized carbons (Fsp3) is 0.231. The minimum atomic E-state index is -0.146. The standard InChI is InChI=1S/C13H13N5O2/c1-8-12(7-15-18-14)13(17-20-8)10-4-3-5-11(6-10)16-9(2)19/h3-6H,7H2,1-2H3,(H,16,19). The molecule has 7 nitrogen and oxygen atoms in total. The Bertz CT molecular complexity index is 686. The lowest BCUT2D eigenvalue weighted by Crippen LogP contribution is -2.05. The number of aryl methyl sites for hydroxylation is 1. The number of nitrogens with zero attached hydrogens (tertiary/aromatic N) is 4. The van der Waals surface area contributed by atoms with Gasteiger partial charge in [0.05, 0.1) is 6.54 Å². The number of carbonyl (C=O) groups is 1. The first-order chi connectivity index (χ1) is 9.61. The van der Waals surface area contributed by atoms with Crippen LogP contribution in [0.2, 0.25) is 0 Å². The van der Waals surface area contributed by atoms with Crippen molar-refractivity contribution in [2.45, 2.75) is 20.4 Å². The van der Waals surface area contributed by atoms with Crippen molar-refractivity contribution in [1.29, 1.82) is 0 Å². The van der Waals surface area contributed by atoms with Gasteiger partial charge < -0.3 is 9.84 Å². The molecule has 20 heavy (non-hydrogen) atoms. The topological polar surface area (TPSA) is 104 Å². The van der Waals surface area contributed by atoms with Crippen LogP contribution < -0.4 is 5.32 Å². The van der Waals surface area contributed by atoms with Gasteiger partial charge in [0.2, 0.25) is 5.91 Å². The molecule has 2 rings (SSSR count). The molecular weight excluding hydrogens is 258 g/mol. The van der Waals surface area contributed by atoms with Gasteiger partial charge in [-0.05, 0) is 24.6 Å². The minimum absolute atomic E-state index is 0.146. The van der Waals surface area contributed by atoms with Crippen LogP contribution in [0.5, 0.6) is 0 Å². The second-order valence-electron chi connectivity index (χ2n) is 4.22. The van der Waals surface area contributed by atoms with Crippen molar-refractivity contribution >= 4 is 11.6 Å². The van der Waals surface area contributed by atoms with E-state index in [0.717, 1.165) is 11.1 Å². The van der Waals surface area contributed by atoms with Crippen molar-refractivity contribution in [1.82, 2.24) is 5.16 Å². The molecule has 0 radical (unpaired) electrons. The third kappa shape index (κ3) is 2.96. The van der Waals surface area contributed by atoms with Crippen molar-refractivity contribution in [3.8, 4) is 11.3 Å². The number of rotatable bonds is 4. The molecular formula is C13H13N5O2. The van der Waals surface area contributed by atoms with Crippen LogP contribution >= 0.6 is 0 Å².